The van der Waals surface area contributed by atoms with Gasteiger partial charge in [-0.3, -0.25) is 9.69 Å². The fourth-order valence-electron chi connectivity index (χ4n) is 2.49. The van der Waals surface area contributed by atoms with Crippen molar-refractivity contribution in [1.29, 1.82) is 0 Å². The zero-order valence-corrected chi connectivity index (χ0v) is 12.2. The maximum Gasteiger partial charge on any atom is 0.303 e. The Hall–Kier alpha value is -0.940. The second-order valence-electron chi connectivity index (χ2n) is 5.05. The Labute approximate surface area is 120 Å². The largest absolute Gasteiger partial charge is 0.481 e. The minimum Gasteiger partial charge on any atom is -0.481 e. The topological polar surface area (TPSA) is 40.5 Å². The van der Waals surface area contributed by atoms with Gasteiger partial charge in [-0.05, 0) is 49.5 Å². The fraction of sp³-hybridized carbons (Fsp3) is 0.500. The Morgan fingerprint density at radius 1 is 1.42 bits per heavy atom. The summed E-state index contributed by atoms with van der Waals surface area (Å²) in [4.78, 5) is 12.9. The number of benzene rings is 1. The highest BCUT2D eigenvalue weighted by molar-refractivity contribution is 9.10. The predicted molar refractivity (Wildman–Crippen MR) is 74.4 cm³/mol. The van der Waals surface area contributed by atoms with Gasteiger partial charge < -0.3 is 5.11 Å². The summed E-state index contributed by atoms with van der Waals surface area (Å²) < 4.78 is 13.8. The number of carboxylic acid groups (broad SMARTS) is 1. The predicted octanol–water partition coefficient (Wildman–Crippen LogP) is 3.27. The van der Waals surface area contributed by atoms with Crippen LogP contribution in [0.5, 0.6) is 0 Å². The molecule has 19 heavy (non-hydrogen) atoms. The van der Waals surface area contributed by atoms with Crippen molar-refractivity contribution < 1.29 is 14.3 Å². The molecule has 5 heteroatoms. The van der Waals surface area contributed by atoms with Gasteiger partial charge in [0.1, 0.15) is 5.82 Å². The molecular weight excluding hydrogens is 313 g/mol. The number of carbonyl (C=O) groups is 1. The Balaban J connectivity index is 1.87. The van der Waals surface area contributed by atoms with Crippen molar-refractivity contribution in [1.82, 2.24) is 4.90 Å². The van der Waals surface area contributed by atoms with Crippen molar-refractivity contribution in [2.45, 2.75) is 25.8 Å². The summed E-state index contributed by atoms with van der Waals surface area (Å²) in [6.45, 7) is 2.59. The van der Waals surface area contributed by atoms with E-state index >= 15 is 0 Å². The molecule has 0 atom stereocenters. The second kappa shape index (κ2) is 6.48. The molecule has 1 aromatic carbocycles. The third-order valence-electron chi connectivity index (χ3n) is 3.58. The summed E-state index contributed by atoms with van der Waals surface area (Å²) >= 11 is 3.37. The zero-order valence-electron chi connectivity index (χ0n) is 10.6. The molecule has 2 rings (SSSR count). The van der Waals surface area contributed by atoms with Crippen LogP contribution in [0.4, 0.5) is 4.39 Å². The van der Waals surface area contributed by atoms with E-state index in [1.54, 1.807) is 6.07 Å². The minimum absolute atomic E-state index is 0.240. The van der Waals surface area contributed by atoms with Crippen LogP contribution in [0.1, 0.15) is 24.8 Å². The first-order valence-electron chi connectivity index (χ1n) is 6.42. The van der Waals surface area contributed by atoms with E-state index in [1.165, 1.54) is 12.1 Å². The number of carboxylic acids is 1. The lowest BCUT2D eigenvalue weighted by atomic mass is 9.93. The van der Waals surface area contributed by atoms with Crippen molar-refractivity contribution in [3.05, 3.63) is 34.1 Å². The average Bonchev–Trinajstić information content (AvgIpc) is 2.34. The molecule has 1 aliphatic rings. The third kappa shape index (κ3) is 4.28. The number of aliphatic carboxylic acids is 1. The van der Waals surface area contributed by atoms with Gasteiger partial charge in [-0.25, -0.2) is 4.39 Å². The maximum atomic E-state index is 13.0. The van der Waals surface area contributed by atoms with Gasteiger partial charge in [0, 0.05) is 17.4 Å². The van der Waals surface area contributed by atoms with Gasteiger partial charge in [0.05, 0.1) is 0 Å². The first kappa shape index (κ1) is 14.5. The lowest BCUT2D eigenvalue weighted by Crippen LogP contribution is -2.34. The van der Waals surface area contributed by atoms with Crippen LogP contribution in [0.15, 0.2) is 22.7 Å². The molecule has 104 valence electrons. The third-order valence-corrected chi connectivity index (χ3v) is 4.32. The van der Waals surface area contributed by atoms with Crippen LogP contribution in [-0.4, -0.2) is 29.1 Å². The van der Waals surface area contributed by atoms with Gasteiger partial charge in [-0.1, -0.05) is 22.0 Å². The summed E-state index contributed by atoms with van der Waals surface area (Å²) in [5.74, 6) is -0.652. The number of rotatable bonds is 4. The van der Waals surface area contributed by atoms with Crippen LogP contribution < -0.4 is 0 Å². The Bertz CT molecular complexity index is 459. The Kier molecular flexibility index (Phi) is 4.93. The number of piperidine rings is 1. The van der Waals surface area contributed by atoms with E-state index in [4.69, 9.17) is 5.11 Å². The molecule has 0 amide bonds. The molecule has 1 heterocycles. The molecule has 3 nitrogen and oxygen atoms in total. The Morgan fingerprint density at radius 2 is 2.11 bits per heavy atom. The smallest absolute Gasteiger partial charge is 0.303 e. The van der Waals surface area contributed by atoms with Gasteiger partial charge in [-0.15, -0.1) is 0 Å². The molecule has 0 spiro atoms. The minimum atomic E-state index is -0.709. The van der Waals surface area contributed by atoms with Crippen LogP contribution in [0.25, 0.3) is 0 Å². The van der Waals surface area contributed by atoms with Crippen LogP contribution in [0.2, 0.25) is 0 Å². The van der Waals surface area contributed by atoms with Crippen molar-refractivity contribution in [2.75, 3.05) is 13.1 Å². The molecule has 0 radical (unpaired) electrons. The van der Waals surface area contributed by atoms with E-state index in [2.05, 4.69) is 20.8 Å². The normalized spacial score (nSPS) is 17.6. The average molecular weight is 330 g/mol. The SMILES string of the molecule is O=C(O)CC1CCN(Cc2ccc(F)cc2Br)CC1. The molecule has 0 saturated carbocycles. The van der Waals surface area contributed by atoms with Crippen LogP contribution in [0, 0.1) is 11.7 Å². The Morgan fingerprint density at radius 3 is 2.68 bits per heavy atom. The summed E-state index contributed by atoms with van der Waals surface area (Å²) in [5.41, 5.74) is 1.07. The van der Waals surface area contributed by atoms with Gasteiger partial charge in [0.25, 0.3) is 0 Å². The standard InChI is InChI=1S/C14H17BrFNO2/c15-13-8-12(16)2-1-11(13)9-17-5-3-10(4-6-17)7-14(18)19/h1-2,8,10H,3-7,9H2,(H,18,19). The van der Waals surface area contributed by atoms with Crippen LogP contribution >= 0.6 is 15.9 Å². The molecule has 0 aromatic heterocycles. The quantitative estimate of drug-likeness (QED) is 0.921. The molecule has 1 N–H and O–H groups in total. The number of hydrogen-bond acceptors (Lipinski definition) is 2. The number of nitrogens with zero attached hydrogens (tertiary/aromatic N) is 1. The first-order chi connectivity index (χ1) is 9.04. The molecule has 1 aliphatic heterocycles. The molecule has 0 unspecified atom stereocenters. The van der Waals surface area contributed by atoms with Gasteiger partial charge in [0.15, 0.2) is 0 Å². The zero-order chi connectivity index (χ0) is 13.8. The molecule has 1 saturated heterocycles. The highest BCUT2D eigenvalue weighted by Gasteiger charge is 2.21. The van der Waals surface area contributed by atoms with E-state index in [1.807, 2.05) is 0 Å². The number of halogens is 2. The van der Waals surface area contributed by atoms with E-state index in [9.17, 15) is 9.18 Å². The van der Waals surface area contributed by atoms with E-state index < -0.39 is 5.97 Å². The molecule has 1 aromatic rings. The molecule has 0 bridgehead atoms. The fourth-order valence-corrected chi connectivity index (χ4v) is 2.96. The first-order valence-corrected chi connectivity index (χ1v) is 7.22. The van der Waals surface area contributed by atoms with Crippen LogP contribution in [0.3, 0.4) is 0 Å². The van der Waals surface area contributed by atoms with Gasteiger partial charge in [0.2, 0.25) is 0 Å². The monoisotopic (exact) mass is 329 g/mol. The summed E-state index contributed by atoms with van der Waals surface area (Å²) in [5, 5.41) is 8.77. The summed E-state index contributed by atoms with van der Waals surface area (Å²) in [6, 6.07) is 4.74. The van der Waals surface area contributed by atoms with Gasteiger partial charge >= 0.3 is 5.97 Å². The molecular formula is C14H17BrFNO2. The van der Waals surface area contributed by atoms with Crippen LogP contribution in [-0.2, 0) is 11.3 Å². The van der Waals surface area contributed by atoms with Crippen molar-refractivity contribution in [3.8, 4) is 0 Å². The lowest BCUT2D eigenvalue weighted by Gasteiger charge is -2.31. The highest BCUT2D eigenvalue weighted by atomic mass is 79.9. The molecule has 1 fully saturated rings. The second-order valence-corrected chi connectivity index (χ2v) is 5.91. The summed E-state index contributed by atoms with van der Waals surface area (Å²) in [7, 11) is 0. The summed E-state index contributed by atoms with van der Waals surface area (Å²) in [6.07, 6.45) is 2.12. The lowest BCUT2D eigenvalue weighted by molar-refractivity contribution is -0.138. The highest BCUT2D eigenvalue weighted by Crippen LogP contribution is 2.24. The molecule has 0 aliphatic carbocycles. The van der Waals surface area contributed by atoms with Gasteiger partial charge in [-0.2, -0.15) is 0 Å². The van der Waals surface area contributed by atoms with Crippen molar-refractivity contribution in [3.63, 3.8) is 0 Å². The van der Waals surface area contributed by atoms with Crippen molar-refractivity contribution >= 4 is 21.9 Å². The van der Waals surface area contributed by atoms with E-state index in [0.29, 0.717) is 5.92 Å². The van der Waals surface area contributed by atoms with E-state index in [-0.39, 0.29) is 12.2 Å². The van der Waals surface area contributed by atoms with Crippen molar-refractivity contribution in [2.24, 2.45) is 5.92 Å². The number of likely N-dealkylation sites (tertiary alicyclic amines) is 1. The number of hydrogen-bond donors (Lipinski definition) is 1. The van der Waals surface area contributed by atoms with E-state index in [0.717, 1.165) is 42.5 Å². The maximum absolute atomic E-state index is 13.0.